The van der Waals surface area contributed by atoms with E-state index in [1.807, 2.05) is 52.0 Å². The van der Waals surface area contributed by atoms with E-state index in [4.69, 9.17) is 10.5 Å². The average Bonchev–Trinajstić information content (AvgIpc) is 2.37. The molecule has 0 bridgehead atoms. The molecule has 0 radical (unpaired) electrons. The number of hydrogen-bond donors (Lipinski definition) is 1. The van der Waals surface area contributed by atoms with Crippen molar-refractivity contribution in [2.24, 2.45) is 10.7 Å². The molecule has 0 unspecified atom stereocenters. The zero-order chi connectivity index (χ0) is 16.8. The molecule has 2 N–H and O–H groups in total. The van der Waals surface area contributed by atoms with E-state index in [1.165, 1.54) is 16.7 Å². The number of amidine groups is 1. The SMILES string of the molecule is CCSC(N)=Nc1cccc(CN(C)C(=O)OC(C)(C)C)c1. The number of thioether (sulfide) groups is 1. The van der Waals surface area contributed by atoms with Crippen LogP contribution in [0, 0.1) is 0 Å². The van der Waals surface area contributed by atoms with Crippen molar-refractivity contribution in [1.29, 1.82) is 0 Å². The molecule has 122 valence electrons. The monoisotopic (exact) mass is 323 g/mol. The molecular formula is C16H25N3O2S. The fourth-order valence-electron chi connectivity index (χ4n) is 1.71. The van der Waals surface area contributed by atoms with Gasteiger partial charge in [-0.05, 0) is 44.2 Å². The Kier molecular flexibility index (Phi) is 6.74. The number of ether oxygens (including phenoxy) is 1. The van der Waals surface area contributed by atoms with Crippen molar-refractivity contribution >= 4 is 28.7 Å². The van der Waals surface area contributed by atoms with Crippen LogP contribution in [0.1, 0.15) is 33.3 Å². The molecule has 0 atom stereocenters. The predicted molar refractivity (Wildman–Crippen MR) is 93.6 cm³/mol. The van der Waals surface area contributed by atoms with Gasteiger partial charge in [-0.3, -0.25) is 0 Å². The van der Waals surface area contributed by atoms with Gasteiger partial charge < -0.3 is 15.4 Å². The highest BCUT2D eigenvalue weighted by atomic mass is 32.2. The zero-order valence-corrected chi connectivity index (χ0v) is 14.7. The molecule has 1 rings (SSSR count). The number of nitrogens with zero attached hydrogens (tertiary/aromatic N) is 2. The van der Waals surface area contributed by atoms with Crippen LogP contribution in [0.4, 0.5) is 10.5 Å². The number of carbonyl (C=O) groups is 1. The molecule has 0 aliphatic heterocycles. The van der Waals surface area contributed by atoms with E-state index in [0.717, 1.165) is 17.0 Å². The second-order valence-corrected chi connectivity index (χ2v) is 7.17. The van der Waals surface area contributed by atoms with Gasteiger partial charge in [0.05, 0.1) is 5.69 Å². The van der Waals surface area contributed by atoms with Gasteiger partial charge in [-0.25, -0.2) is 9.79 Å². The van der Waals surface area contributed by atoms with Crippen molar-refractivity contribution in [2.45, 2.75) is 39.8 Å². The van der Waals surface area contributed by atoms with Crippen molar-refractivity contribution in [3.05, 3.63) is 29.8 Å². The maximum atomic E-state index is 12.0. The van der Waals surface area contributed by atoms with Crippen LogP contribution < -0.4 is 5.73 Å². The van der Waals surface area contributed by atoms with Crippen LogP contribution in [0.15, 0.2) is 29.3 Å². The van der Waals surface area contributed by atoms with Gasteiger partial charge in [0.15, 0.2) is 5.17 Å². The summed E-state index contributed by atoms with van der Waals surface area (Å²) in [5.41, 5.74) is 7.08. The van der Waals surface area contributed by atoms with E-state index in [0.29, 0.717) is 11.7 Å². The summed E-state index contributed by atoms with van der Waals surface area (Å²) >= 11 is 1.50. The predicted octanol–water partition coefficient (Wildman–Crippen LogP) is 3.75. The lowest BCUT2D eigenvalue weighted by Gasteiger charge is -2.24. The second kappa shape index (κ2) is 8.08. The normalized spacial score (nSPS) is 12.1. The largest absolute Gasteiger partial charge is 0.444 e. The van der Waals surface area contributed by atoms with Gasteiger partial charge in [0.2, 0.25) is 0 Å². The summed E-state index contributed by atoms with van der Waals surface area (Å²) in [7, 11) is 1.71. The van der Waals surface area contributed by atoms with Gasteiger partial charge in [-0.2, -0.15) is 0 Å². The number of amides is 1. The lowest BCUT2D eigenvalue weighted by Crippen LogP contribution is -2.33. The van der Waals surface area contributed by atoms with Crippen LogP contribution in [0.25, 0.3) is 0 Å². The number of aliphatic imine (C=N–C) groups is 1. The van der Waals surface area contributed by atoms with Gasteiger partial charge in [-0.1, -0.05) is 30.8 Å². The maximum Gasteiger partial charge on any atom is 0.410 e. The fraction of sp³-hybridized carbons (Fsp3) is 0.500. The second-order valence-electron chi connectivity index (χ2n) is 5.89. The molecule has 0 spiro atoms. The standard InChI is InChI=1S/C16H25N3O2S/c1-6-22-14(17)18-13-9-7-8-12(10-13)11-19(5)15(20)21-16(2,3)4/h7-10H,6,11H2,1-5H3,(H2,17,18). The van der Waals surface area contributed by atoms with Gasteiger partial charge in [0.25, 0.3) is 0 Å². The molecule has 5 nitrogen and oxygen atoms in total. The van der Waals surface area contributed by atoms with Gasteiger partial charge in [-0.15, -0.1) is 0 Å². The van der Waals surface area contributed by atoms with E-state index in [-0.39, 0.29) is 6.09 Å². The highest BCUT2D eigenvalue weighted by molar-refractivity contribution is 8.13. The van der Waals surface area contributed by atoms with Crippen LogP contribution >= 0.6 is 11.8 Å². The van der Waals surface area contributed by atoms with E-state index in [2.05, 4.69) is 4.99 Å². The lowest BCUT2D eigenvalue weighted by atomic mass is 10.2. The first-order valence-electron chi connectivity index (χ1n) is 7.21. The highest BCUT2D eigenvalue weighted by Crippen LogP contribution is 2.18. The third-order valence-corrected chi connectivity index (χ3v) is 3.24. The number of carbonyl (C=O) groups excluding carboxylic acids is 1. The third-order valence-electron chi connectivity index (χ3n) is 2.57. The molecule has 22 heavy (non-hydrogen) atoms. The summed E-state index contributed by atoms with van der Waals surface area (Å²) in [4.78, 5) is 17.8. The smallest absolute Gasteiger partial charge is 0.410 e. The minimum atomic E-state index is -0.497. The van der Waals surface area contributed by atoms with Crippen LogP contribution in [0.2, 0.25) is 0 Å². The summed E-state index contributed by atoms with van der Waals surface area (Å²) in [6.45, 7) is 8.03. The quantitative estimate of drug-likeness (QED) is 0.677. The zero-order valence-electron chi connectivity index (χ0n) is 13.9. The Morgan fingerprint density at radius 1 is 1.41 bits per heavy atom. The van der Waals surface area contributed by atoms with Crippen LogP contribution in [-0.4, -0.2) is 34.6 Å². The minimum Gasteiger partial charge on any atom is -0.444 e. The first kappa shape index (κ1) is 18.4. The van der Waals surface area contributed by atoms with Crippen LogP contribution in [-0.2, 0) is 11.3 Å². The molecule has 0 saturated heterocycles. The Morgan fingerprint density at radius 2 is 2.09 bits per heavy atom. The summed E-state index contributed by atoms with van der Waals surface area (Å²) in [6, 6.07) is 7.66. The number of rotatable bonds is 4. The molecule has 1 aromatic rings. The van der Waals surface area contributed by atoms with Crippen molar-refractivity contribution < 1.29 is 9.53 Å². The lowest BCUT2D eigenvalue weighted by molar-refractivity contribution is 0.0285. The van der Waals surface area contributed by atoms with Crippen molar-refractivity contribution in [1.82, 2.24) is 4.90 Å². The van der Waals surface area contributed by atoms with E-state index in [1.54, 1.807) is 7.05 Å². The minimum absolute atomic E-state index is 0.345. The Morgan fingerprint density at radius 3 is 2.68 bits per heavy atom. The number of hydrogen-bond acceptors (Lipinski definition) is 4. The molecular weight excluding hydrogens is 298 g/mol. The topological polar surface area (TPSA) is 67.9 Å². The molecule has 0 saturated carbocycles. The highest BCUT2D eigenvalue weighted by Gasteiger charge is 2.19. The molecule has 6 heteroatoms. The van der Waals surface area contributed by atoms with Crippen molar-refractivity contribution in [3.8, 4) is 0 Å². The molecule has 1 amide bonds. The molecule has 0 aliphatic carbocycles. The average molecular weight is 323 g/mol. The Hall–Kier alpha value is -1.69. The molecule has 0 aliphatic rings. The van der Waals surface area contributed by atoms with Gasteiger partial charge >= 0.3 is 6.09 Å². The van der Waals surface area contributed by atoms with Gasteiger partial charge in [0, 0.05) is 13.6 Å². The Bertz CT molecular complexity index is 538. The summed E-state index contributed by atoms with van der Waals surface area (Å²) in [5.74, 6) is 0.885. The van der Waals surface area contributed by atoms with Crippen molar-refractivity contribution in [3.63, 3.8) is 0 Å². The Labute approximate surface area is 136 Å². The fourth-order valence-corrected chi connectivity index (χ4v) is 2.18. The van der Waals surface area contributed by atoms with E-state index >= 15 is 0 Å². The van der Waals surface area contributed by atoms with E-state index in [9.17, 15) is 4.79 Å². The number of benzene rings is 1. The number of nitrogens with two attached hydrogens (primary N) is 1. The molecule has 0 aromatic heterocycles. The van der Waals surface area contributed by atoms with Crippen molar-refractivity contribution in [2.75, 3.05) is 12.8 Å². The van der Waals surface area contributed by atoms with E-state index < -0.39 is 5.60 Å². The first-order valence-corrected chi connectivity index (χ1v) is 8.20. The molecule has 0 fully saturated rings. The van der Waals surface area contributed by atoms with Crippen LogP contribution in [0.3, 0.4) is 0 Å². The first-order chi connectivity index (χ1) is 10.2. The summed E-state index contributed by atoms with van der Waals surface area (Å²) in [5, 5.41) is 0.542. The molecule has 1 aromatic carbocycles. The maximum absolute atomic E-state index is 12.0. The summed E-state index contributed by atoms with van der Waals surface area (Å²) < 4.78 is 5.33. The molecule has 0 heterocycles. The van der Waals surface area contributed by atoms with Crippen LogP contribution in [0.5, 0.6) is 0 Å². The summed E-state index contributed by atoms with van der Waals surface area (Å²) in [6.07, 6.45) is -0.345. The van der Waals surface area contributed by atoms with Gasteiger partial charge in [0.1, 0.15) is 5.60 Å². The third kappa shape index (κ3) is 6.85. The Balaban J connectivity index is 2.74.